The molecule has 2 aromatic rings. The molecule has 3 aliphatic heterocycles. The third kappa shape index (κ3) is 15.7. The first-order chi connectivity index (χ1) is 17.9. The first-order valence-electron chi connectivity index (χ1n) is 13.8. The van der Waals surface area contributed by atoms with E-state index in [9.17, 15) is 0 Å². The molecule has 0 spiro atoms. The number of hydrogen-bond acceptors (Lipinski definition) is 6. The molecule has 8 heteroatoms. The van der Waals surface area contributed by atoms with Gasteiger partial charge in [-0.05, 0) is 25.7 Å². The van der Waals surface area contributed by atoms with Crippen LogP contribution in [0.1, 0.15) is 81.3 Å². The summed E-state index contributed by atoms with van der Waals surface area (Å²) in [5, 5.41) is 0. The Labute approximate surface area is 342 Å². The minimum Gasteiger partial charge on any atom is -0.774 e. The summed E-state index contributed by atoms with van der Waals surface area (Å²) in [5.41, 5.74) is 14.7. The van der Waals surface area contributed by atoms with Gasteiger partial charge in [-0.15, -0.1) is 0 Å². The van der Waals surface area contributed by atoms with Crippen molar-refractivity contribution in [2.24, 2.45) is 0 Å². The molecule has 2 fully saturated rings. The quantitative estimate of drug-likeness (QED) is 0.180. The predicted octanol–water partition coefficient (Wildman–Crippen LogP) is 6.18. The van der Waals surface area contributed by atoms with Crippen molar-refractivity contribution in [1.29, 1.82) is 0 Å². The normalized spacial score (nSPS) is 15.6. The number of hydrogen-bond donors (Lipinski definition) is 0. The van der Waals surface area contributed by atoms with E-state index < -0.39 is 0 Å². The molecule has 3 aliphatic rings. The standard InChI is InChI=1S/2C10H15.2C4H8O.C4H6S4.K.Nd/c2*1-6-7(2)9(4)10(5)8(6)3;2*1-2-4-5-3-1;5-3-4(6)8-2-1-7-3;;/h2*1-5H3;2*1-4H2;5-6H,1-2H2;;/q2*-1;;;;+1;+3/p-2. The fourth-order valence-corrected chi connectivity index (χ4v) is 6.70. The minimum atomic E-state index is 0. The number of thioether (sulfide) groups is 2. The molecular weight excluding hydrogens is 728 g/mol. The van der Waals surface area contributed by atoms with Crippen LogP contribution in [0.25, 0.3) is 0 Å². The molecule has 0 bridgehead atoms. The zero-order valence-electron chi connectivity index (χ0n) is 27.0. The van der Waals surface area contributed by atoms with Crippen LogP contribution < -0.4 is 51.4 Å². The zero-order chi connectivity index (χ0) is 28.8. The van der Waals surface area contributed by atoms with Crippen LogP contribution in [0.2, 0.25) is 0 Å². The zero-order valence-corrected chi connectivity index (χ0v) is 36.6. The summed E-state index contributed by atoms with van der Waals surface area (Å²) < 4.78 is 11.7. The fourth-order valence-electron chi connectivity index (χ4n) is 4.22. The smallest absolute Gasteiger partial charge is 0.774 e. The molecular formula is C32H50KNdO2S4. The van der Waals surface area contributed by atoms with Gasteiger partial charge < -0.3 is 34.7 Å². The van der Waals surface area contributed by atoms with Crippen LogP contribution in [0.5, 0.6) is 0 Å². The molecule has 1 radical (unpaired) electrons. The summed E-state index contributed by atoms with van der Waals surface area (Å²) in [4.78, 5) is 0. The summed E-state index contributed by atoms with van der Waals surface area (Å²) in [5.74, 6) is 2.26. The molecule has 219 valence electrons. The van der Waals surface area contributed by atoms with E-state index in [0.717, 1.165) is 46.4 Å². The number of ether oxygens (including phenoxy) is 2. The van der Waals surface area contributed by atoms with Crippen molar-refractivity contribution in [2.75, 3.05) is 37.9 Å². The largest absolute Gasteiger partial charge is 3.00 e. The van der Waals surface area contributed by atoms with Crippen molar-refractivity contribution in [3.05, 3.63) is 64.1 Å². The van der Waals surface area contributed by atoms with Crippen molar-refractivity contribution in [1.82, 2.24) is 0 Å². The molecule has 0 atom stereocenters. The Balaban J connectivity index is 0. The van der Waals surface area contributed by atoms with Gasteiger partial charge in [0.2, 0.25) is 0 Å². The van der Waals surface area contributed by atoms with Crippen LogP contribution in [0.4, 0.5) is 0 Å². The third-order valence-corrected chi connectivity index (χ3v) is 11.6. The van der Waals surface area contributed by atoms with Gasteiger partial charge >= 0.3 is 92.2 Å². The van der Waals surface area contributed by atoms with Gasteiger partial charge in [0, 0.05) is 37.9 Å². The van der Waals surface area contributed by atoms with Crippen molar-refractivity contribution in [3.8, 4) is 0 Å². The SMILES string of the molecule is C1CCOC1.C1CCOC1.Cc1c(C)c(C)[c-](C)c1C.Cc1c(C)c(C)[c-](C)c1C.[K+].[Nd+3].[S-]C1=C([S-])SCCS1. The Hall–Kier alpha value is 2.49. The van der Waals surface area contributed by atoms with Crippen LogP contribution in [-0.2, 0) is 34.7 Å². The summed E-state index contributed by atoms with van der Waals surface area (Å²) in [6.45, 7) is 26.0. The van der Waals surface area contributed by atoms with Gasteiger partial charge in [-0.3, -0.25) is 0 Å². The van der Waals surface area contributed by atoms with Gasteiger partial charge in [0.25, 0.3) is 0 Å². The Bertz CT molecular complexity index is 763. The van der Waals surface area contributed by atoms with Gasteiger partial charge in [-0.25, -0.2) is 0 Å². The van der Waals surface area contributed by atoms with Crippen molar-refractivity contribution in [3.63, 3.8) is 0 Å². The second-order valence-electron chi connectivity index (χ2n) is 10.2. The molecule has 5 rings (SSSR count). The van der Waals surface area contributed by atoms with Gasteiger partial charge in [0.05, 0.1) is 0 Å². The molecule has 2 nitrogen and oxygen atoms in total. The average Bonchev–Trinajstić information content (AvgIpc) is 3.74. The van der Waals surface area contributed by atoms with Gasteiger partial charge in [-0.2, -0.15) is 87.6 Å². The summed E-state index contributed by atoms with van der Waals surface area (Å²) in [6.07, 6.45) is 5.11. The topological polar surface area (TPSA) is 18.5 Å². The number of rotatable bonds is 0. The van der Waals surface area contributed by atoms with Gasteiger partial charge in [0.15, 0.2) is 0 Å². The second kappa shape index (κ2) is 24.7. The van der Waals surface area contributed by atoms with Crippen LogP contribution in [0.3, 0.4) is 0 Å². The molecule has 0 saturated carbocycles. The van der Waals surface area contributed by atoms with Crippen molar-refractivity contribution < 1.29 is 102 Å². The van der Waals surface area contributed by atoms with E-state index in [4.69, 9.17) is 34.7 Å². The molecule has 0 amide bonds. The van der Waals surface area contributed by atoms with Gasteiger partial charge in [0.1, 0.15) is 0 Å². The van der Waals surface area contributed by atoms with E-state index in [-0.39, 0.29) is 92.2 Å². The molecule has 0 aromatic heterocycles. The van der Waals surface area contributed by atoms with Crippen LogP contribution in [-0.4, -0.2) is 37.9 Å². The molecule has 2 aromatic carbocycles. The Morgan fingerprint density at radius 1 is 0.525 bits per heavy atom. The summed E-state index contributed by atoms with van der Waals surface area (Å²) in [6, 6.07) is 0. The summed E-state index contributed by atoms with van der Waals surface area (Å²) >= 11 is 13.2. The summed E-state index contributed by atoms with van der Waals surface area (Å²) in [7, 11) is 0. The monoisotopic (exact) mass is 775 g/mol. The molecule has 3 heterocycles. The Morgan fingerprint density at radius 2 is 0.750 bits per heavy atom. The van der Waals surface area contributed by atoms with Crippen LogP contribution >= 0.6 is 23.5 Å². The molecule has 40 heavy (non-hydrogen) atoms. The second-order valence-corrected chi connectivity index (χ2v) is 13.7. The Kier molecular flexibility index (Phi) is 27.5. The third-order valence-electron chi connectivity index (χ3n) is 8.00. The first-order valence-corrected chi connectivity index (χ1v) is 16.6. The van der Waals surface area contributed by atoms with E-state index in [2.05, 4.69) is 69.2 Å². The van der Waals surface area contributed by atoms with E-state index >= 15 is 0 Å². The predicted molar refractivity (Wildman–Crippen MR) is 178 cm³/mol. The maximum Gasteiger partial charge on any atom is 3.00 e. The van der Waals surface area contributed by atoms with E-state index in [1.54, 1.807) is 23.5 Å². The van der Waals surface area contributed by atoms with Crippen molar-refractivity contribution >= 4 is 48.8 Å². The maximum absolute atomic E-state index is 4.94. The van der Waals surface area contributed by atoms with Gasteiger partial charge in [-0.1, -0.05) is 69.2 Å². The maximum atomic E-state index is 4.94. The van der Waals surface area contributed by atoms with E-state index in [0.29, 0.717) is 0 Å². The molecule has 0 N–H and O–H groups in total. The Morgan fingerprint density at radius 3 is 0.850 bits per heavy atom. The van der Waals surface area contributed by atoms with Crippen LogP contribution in [0, 0.1) is 110 Å². The molecule has 0 unspecified atom stereocenters. The van der Waals surface area contributed by atoms with Crippen LogP contribution in [0.15, 0.2) is 8.47 Å². The van der Waals surface area contributed by atoms with Crippen molar-refractivity contribution in [2.45, 2.75) is 94.9 Å². The first kappa shape index (κ1) is 44.6. The average molecular weight is 778 g/mol. The molecule has 2 saturated heterocycles. The van der Waals surface area contributed by atoms with E-state index in [1.165, 1.54) is 81.3 Å². The minimum absolute atomic E-state index is 0. The fraction of sp³-hybridized carbons (Fsp3) is 0.625. The van der Waals surface area contributed by atoms with E-state index in [1.807, 2.05) is 0 Å². The molecule has 0 aliphatic carbocycles.